The van der Waals surface area contributed by atoms with Gasteiger partial charge in [-0.25, -0.2) is 4.68 Å². The molecule has 0 bridgehead atoms. The second-order valence-corrected chi connectivity index (χ2v) is 7.44. The summed E-state index contributed by atoms with van der Waals surface area (Å²) in [6, 6.07) is 24.9. The normalized spacial score (nSPS) is 13.4. The number of fused-ring (bicyclic) bond motifs is 2. The minimum absolute atomic E-state index is 0.106. The van der Waals surface area contributed by atoms with Crippen molar-refractivity contribution < 1.29 is 9.47 Å². The molecule has 1 aliphatic rings. The molecular formula is C25H23N3O2. The maximum atomic E-state index is 6.45. The quantitative estimate of drug-likeness (QED) is 0.491. The Kier molecular flexibility index (Phi) is 5.03. The lowest BCUT2D eigenvalue weighted by atomic mass is 9.97. The minimum Gasteiger partial charge on any atom is -0.497 e. The highest BCUT2D eigenvalue weighted by atomic mass is 16.5. The molecule has 30 heavy (non-hydrogen) atoms. The fourth-order valence-electron chi connectivity index (χ4n) is 4.05. The Morgan fingerprint density at radius 3 is 2.13 bits per heavy atom. The van der Waals surface area contributed by atoms with Gasteiger partial charge in [-0.3, -0.25) is 0 Å². The minimum atomic E-state index is -0.106. The molecule has 0 N–H and O–H groups in total. The summed E-state index contributed by atoms with van der Waals surface area (Å²) < 4.78 is 13.4. The highest BCUT2D eigenvalue weighted by Crippen LogP contribution is 2.35. The Morgan fingerprint density at radius 1 is 0.867 bits per heavy atom. The van der Waals surface area contributed by atoms with Crippen molar-refractivity contribution in [1.82, 2.24) is 15.0 Å². The monoisotopic (exact) mass is 397 g/mol. The standard InChI is InChI=1S/C25H23N3O2/c1-29-22-14-12-21(13-15-22)28-16-20(26-27-28)17-30-25-23-8-4-2-6-18(23)10-11-19-7-3-5-9-24(19)25/h2-9,12-16,25H,10-11,17H2,1H3. The molecule has 0 saturated carbocycles. The predicted octanol–water partition coefficient (Wildman–Crippen LogP) is 4.68. The van der Waals surface area contributed by atoms with Crippen LogP contribution in [0.5, 0.6) is 5.75 Å². The van der Waals surface area contributed by atoms with E-state index in [1.165, 1.54) is 22.3 Å². The van der Waals surface area contributed by atoms with Crippen LogP contribution in [0.25, 0.3) is 5.69 Å². The highest BCUT2D eigenvalue weighted by Gasteiger charge is 2.24. The lowest BCUT2D eigenvalue weighted by Gasteiger charge is -2.20. The van der Waals surface area contributed by atoms with Gasteiger partial charge in [0.05, 0.1) is 25.6 Å². The van der Waals surface area contributed by atoms with Gasteiger partial charge in [0.25, 0.3) is 0 Å². The van der Waals surface area contributed by atoms with E-state index in [9.17, 15) is 0 Å². The lowest BCUT2D eigenvalue weighted by Crippen LogP contribution is -2.08. The summed E-state index contributed by atoms with van der Waals surface area (Å²) in [6.07, 6.45) is 3.86. The van der Waals surface area contributed by atoms with Crippen molar-refractivity contribution >= 4 is 0 Å². The van der Waals surface area contributed by atoms with E-state index >= 15 is 0 Å². The molecule has 0 unspecified atom stereocenters. The van der Waals surface area contributed by atoms with Gasteiger partial charge >= 0.3 is 0 Å². The van der Waals surface area contributed by atoms with Crippen molar-refractivity contribution in [2.45, 2.75) is 25.6 Å². The van der Waals surface area contributed by atoms with Crippen LogP contribution in [0.3, 0.4) is 0 Å². The molecule has 0 fully saturated rings. The van der Waals surface area contributed by atoms with Crippen LogP contribution in [0.2, 0.25) is 0 Å². The fourth-order valence-corrected chi connectivity index (χ4v) is 4.05. The SMILES string of the molecule is COc1ccc(-n2cc(COC3c4ccccc4CCc4ccccc43)nn2)cc1. The number of nitrogens with zero attached hydrogens (tertiary/aromatic N) is 3. The van der Waals surface area contributed by atoms with Gasteiger partial charge in [-0.1, -0.05) is 53.7 Å². The van der Waals surface area contributed by atoms with E-state index in [4.69, 9.17) is 9.47 Å². The van der Waals surface area contributed by atoms with Crippen molar-refractivity contribution in [3.63, 3.8) is 0 Å². The number of aryl methyl sites for hydroxylation is 2. The van der Waals surface area contributed by atoms with Crippen LogP contribution in [-0.4, -0.2) is 22.1 Å². The van der Waals surface area contributed by atoms with Crippen molar-refractivity contribution in [3.8, 4) is 11.4 Å². The molecule has 0 atom stereocenters. The first-order valence-corrected chi connectivity index (χ1v) is 10.1. The van der Waals surface area contributed by atoms with E-state index in [0.717, 1.165) is 30.0 Å². The van der Waals surface area contributed by atoms with E-state index in [1.54, 1.807) is 11.8 Å². The van der Waals surface area contributed by atoms with Gasteiger partial charge in [-0.15, -0.1) is 5.10 Å². The summed E-state index contributed by atoms with van der Waals surface area (Å²) in [4.78, 5) is 0. The average molecular weight is 397 g/mol. The largest absolute Gasteiger partial charge is 0.497 e. The predicted molar refractivity (Wildman–Crippen MR) is 115 cm³/mol. The zero-order valence-corrected chi connectivity index (χ0v) is 16.9. The highest BCUT2D eigenvalue weighted by molar-refractivity contribution is 5.43. The number of benzene rings is 3. The van der Waals surface area contributed by atoms with Crippen LogP contribution in [0.1, 0.15) is 34.1 Å². The van der Waals surface area contributed by atoms with Gasteiger partial charge in [0, 0.05) is 0 Å². The molecule has 1 aromatic heterocycles. The smallest absolute Gasteiger partial charge is 0.119 e. The molecule has 1 aliphatic carbocycles. The Morgan fingerprint density at radius 2 is 1.50 bits per heavy atom. The number of ether oxygens (including phenoxy) is 2. The number of hydrogen-bond donors (Lipinski definition) is 0. The van der Waals surface area contributed by atoms with E-state index < -0.39 is 0 Å². The number of hydrogen-bond acceptors (Lipinski definition) is 4. The Hall–Kier alpha value is -3.44. The van der Waals surface area contributed by atoms with Crippen LogP contribution in [0.4, 0.5) is 0 Å². The molecule has 0 saturated heterocycles. The van der Waals surface area contributed by atoms with Crippen molar-refractivity contribution in [3.05, 3.63) is 107 Å². The molecule has 5 rings (SSSR count). The molecular weight excluding hydrogens is 374 g/mol. The van der Waals surface area contributed by atoms with Gasteiger partial charge in [0.1, 0.15) is 17.5 Å². The van der Waals surface area contributed by atoms with Gasteiger partial charge in [-0.05, 0) is 59.4 Å². The van der Waals surface area contributed by atoms with Crippen molar-refractivity contribution in [2.75, 3.05) is 7.11 Å². The third-order valence-electron chi connectivity index (χ3n) is 5.61. The molecule has 150 valence electrons. The van der Waals surface area contributed by atoms with E-state index in [-0.39, 0.29) is 6.10 Å². The molecule has 5 nitrogen and oxygen atoms in total. The summed E-state index contributed by atoms with van der Waals surface area (Å²) in [5.41, 5.74) is 6.90. The molecule has 0 radical (unpaired) electrons. The second kappa shape index (κ2) is 8.13. The summed E-state index contributed by atoms with van der Waals surface area (Å²) in [6.45, 7) is 0.392. The number of aromatic nitrogens is 3. The number of rotatable bonds is 5. The Balaban J connectivity index is 1.39. The van der Waals surface area contributed by atoms with Crippen LogP contribution in [0.15, 0.2) is 79.0 Å². The molecule has 0 amide bonds. The van der Waals surface area contributed by atoms with Gasteiger partial charge in [0.2, 0.25) is 0 Å². The molecule has 0 aliphatic heterocycles. The van der Waals surface area contributed by atoms with Crippen LogP contribution in [0, 0.1) is 0 Å². The van der Waals surface area contributed by atoms with E-state index in [1.807, 2.05) is 30.5 Å². The van der Waals surface area contributed by atoms with E-state index in [0.29, 0.717) is 6.61 Å². The summed E-state index contributed by atoms with van der Waals surface area (Å²) in [5, 5.41) is 8.57. The van der Waals surface area contributed by atoms with Crippen molar-refractivity contribution in [1.29, 1.82) is 0 Å². The first-order chi connectivity index (χ1) is 14.8. The van der Waals surface area contributed by atoms with Crippen LogP contribution >= 0.6 is 0 Å². The third kappa shape index (κ3) is 3.60. The third-order valence-corrected chi connectivity index (χ3v) is 5.61. The maximum absolute atomic E-state index is 6.45. The summed E-state index contributed by atoms with van der Waals surface area (Å²) >= 11 is 0. The summed E-state index contributed by atoms with van der Waals surface area (Å²) in [7, 11) is 1.66. The Bertz CT molecular complexity index is 1100. The second-order valence-electron chi connectivity index (χ2n) is 7.44. The molecule has 4 aromatic rings. The zero-order chi connectivity index (χ0) is 20.3. The number of methoxy groups -OCH3 is 1. The molecule has 0 spiro atoms. The van der Waals surface area contributed by atoms with Crippen LogP contribution in [-0.2, 0) is 24.2 Å². The first kappa shape index (κ1) is 18.6. The molecule has 1 heterocycles. The van der Waals surface area contributed by atoms with E-state index in [2.05, 4.69) is 58.8 Å². The van der Waals surface area contributed by atoms with Crippen LogP contribution < -0.4 is 4.74 Å². The molecule has 3 aromatic carbocycles. The van der Waals surface area contributed by atoms with Crippen molar-refractivity contribution in [2.24, 2.45) is 0 Å². The first-order valence-electron chi connectivity index (χ1n) is 10.1. The lowest BCUT2D eigenvalue weighted by molar-refractivity contribution is 0.0641. The van der Waals surface area contributed by atoms with Gasteiger partial charge in [0.15, 0.2) is 0 Å². The topological polar surface area (TPSA) is 49.2 Å². The maximum Gasteiger partial charge on any atom is 0.119 e. The van der Waals surface area contributed by atoms with Gasteiger partial charge < -0.3 is 9.47 Å². The van der Waals surface area contributed by atoms with Gasteiger partial charge in [-0.2, -0.15) is 0 Å². The zero-order valence-electron chi connectivity index (χ0n) is 16.9. The summed E-state index contributed by atoms with van der Waals surface area (Å²) in [5.74, 6) is 0.813. The fraction of sp³-hybridized carbons (Fsp3) is 0.200. The average Bonchev–Trinajstić information content (AvgIpc) is 3.22. The Labute approximate surface area is 175 Å². The molecule has 5 heteroatoms.